The second kappa shape index (κ2) is 6.70. The zero-order chi connectivity index (χ0) is 16.1. The van der Waals surface area contributed by atoms with Crippen molar-refractivity contribution in [3.63, 3.8) is 0 Å². The minimum atomic E-state index is -0.276. The van der Waals surface area contributed by atoms with E-state index in [-0.39, 0.29) is 5.91 Å². The van der Waals surface area contributed by atoms with E-state index in [0.29, 0.717) is 5.56 Å². The molecule has 3 aromatic rings. The van der Waals surface area contributed by atoms with Crippen LogP contribution >= 0.6 is 0 Å². The highest BCUT2D eigenvalue weighted by Gasteiger charge is 2.05. The number of benzene rings is 2. The number of hydrazone groups is 1. The molecule has 1 heterocycles. The van der Waals surface area contributed by atoms with E-state index < -0.39 is 0 Å². The first kappa shape index (κ1) is 14.7. The summed E-state index contributed by atoms with van der Waals surface area (Å²) in [6.45, 7) is 0. The number of aromatic nitrogens is 1. The fraction of sp³-hybridized carbons (Fsp3) is 0.0556. The van der Waals surface area contributed by atoms with Gasteiger partial charge in [0, 0.05) is 28.9 Å². The van der Waals surface area contributed by atoms with E-state index in [9.17, 15) is 4.79 Å². The van der Waals surface area contributed by atoms with Crippen molar-refractivity contribution in [1.82, 2.24) is 10.4 Å². The molecule has 3 rings (SSSR count). The molecule has 0 radical (unpaired) electrons. The average Bonchev–Trinajstić information content (AvgIpc) is 2.62. The van der Waals surface area contributed by atoms with Gasteiger partial charge in [-0.1, -0.05) is 24.3 Å². The number of hydrogen-bond acceptors (Lipinski definition) is 4. The molecule has 0 aliphatic carbocycles. The van der Waals surface area contributed by atoms with Gasteiger partial charge < -0.3 is 4.74 Å². The van der Waals surface area contributed by atoms with Crippen molar-refractivity contribution in [2.75, 3.05) is 7.11 Å². The van der Waals surface area contributed by atoms with Crippen LogP contribution in [-0.4, -0.2) is 24.2 Å². The van der Waals surface area contributed by atoms with Crippen molar-refractivity contribution in [3.8, 4) is 5.75 Å². The van der Waals surface area contributed by atoms with Crippen molar-refractivity contribution < 1.29 is 9.53 Å². The molecule has 0 aliphatic rings. The number of amides is 1. The molecule has 0 aliphatic heterocycles. The maximum Gasteiger partial charge on any atom is 0.271 e. The molecule has 0 spiro atoms. The van der Waals surface area contributed by atoms with Crippen LogP contribution in [-0.2, 0) is 0 Å². The Hall–Kier alpha value is -3.21. The number of fused-ring (bicyclic) bond motifs is 1. The highest BCUT2D eigenvalue weighted by molar-refractivity contribution is 6.03. The Bertz CT molecular complexity index is 861. The molecule has 23 heavy (non-hydrogen) atoms. The van der Waals surface area contributed by atoms with Gasteiger partial charge in [-0.2, -0.15) is 5.10 Å². The van der Waals surface area contributed by atoms with Gasteiger partial charge in [0.25, 0.3) is 5.91 Å². The van der Waals surface area contributed by atoms with Gasteiger partial charge >= 0.3 is 0 Å². The number of nitrogens with zero attached hydrogens (tertiary/aromatic N) is 2. The zero-order valence-electron chi connectivity index (χ0n) is 12.6. The fourth-order valence-corrected chi connectivity index (χ4v) is 2.31. The van der Waals surface area contributed by atoms with Gasteiger partial charge in [0.15, 0.2) is 0 Å². The van der Waals surface area contributed by atoms with Gasteiger partial charge in [-0.25, -0.2) is 5.43 Å². The SMILES string of the molecule is COc1ccc(C=NNC(=O)c2ccncc2)c2ccccc12. The molecule has 0 saturated heterocycles. The average molecular weight is 305 g/mol. The Morgan fingerprint density at radius 1 is 1.09 bits per heavy atom. The topological polar surface area (TPSA) is 63.6 Å². The summed E-state index contributed by atoms with van der Waals surface area (Å²) < 4.78 is 5.36. The molecule has 2 aromatic carbocycles. The standard InChI is InChI=1S/C18H15N3O2/c1-23-17-7-6-14(15-4-2-3-5-16(15)17)12-20-21-18(22)13-8-10-19-11-9-13/h2-12H,1H3,(H,21,22). The van der Waals surface area contributed by atoms with Crippen molar-refractivity contribution in [2.24, 2.45) is 5.10 Å². The molecule has 0 fully saturated rings. The highest BCUT2D eigenvalue weighted by Crippen LogP contribution is 2.27. The predicted molar refractivity (Wildman–Crippen MR) is 89.8 cm³/mol. The number of pyridine rings is 1. The second-order valence-electron chi connectivity index (χ2n) is 4.84. The third-order valence-corrected chi connectivity index (χ3v) is 3.45. The Morgan fingerprint density at radius 2 is 1.83 bits per heavy atom. The van der Waals surface area contributed by atoms with Gasteiger partial charge in [0.1, 0.15) is 5.75 Å². The fourth-order valence-electron chi connectivity index (χ4n) is 2.31. The first-order chi connectivity index (χ1) is 11.3. The predicted octanol–water partition coefficient (Wildman–Crippen LogP) is 3.01. The van der Waals surface area contributed by atoms with E-state index >= 15 is 0 Å². The largest absolute Gasteiger partial charge is 0.496 e. The lowest BCUT2D eigenvalue weighted by molar-refractivity contribution is 0.0955. The van der Waals surface area contributed by atoms with Gasteiger partial charge in [0.05, 0.1) is 13.3 Å². The maximum atomic E-state index is 11.9. The van der Waals surface area contributed by atoms with Crippen LogP contribution < -0.4 is 10.2 Å². The maximum absolute atomic E-state index is 11.9. The molecular weight excluding hydrogens is 290 g/mol. The van der Waals surface area contributed by atoms with E-state index in [0.717, 1.165) is 22.1 Å². The summed E-state index contributed by atoms with van der Waals surface area (Å²) in [7, 11) is 1.64. The summed E-state index contributed by atoms with van der Waals surface area (Å²) in [6, 6.07) is 14.9. The summed E-state index contributed by atoms with van der Waals surface area (Å²) in [5.74, 6) is 0.528. The number of nitrogens with one attached hydrogen (secondary N) is 1. The summed E-state index contributed by atoms with van der Waals surface area (Å²) in [5.41, 5.74) is 3.92. The van der Waals surface area contributed by atoms with E-state index in [1.807, 2.05) is 36.4 Å². The summed E-state index contributed by atoms with van der Waals surface area (Å²) in [6.07, 6.45) is 4.76. The van der Waals surface area contributed by atoms with Crippen molar-refractivity contribution >= 4 is 22.9 Å². The van der Waals surface area contributed by atoms with Crippen molar-refractivity contribution in [3.05, 3.63) is 72.1 Å². The van der Waals surface area contributed by atoms with E-state index in [4.69, 9.17) is 4.74 Å². The van der Waals surface area contributed by atoms with Crippen LogP contribution in [0.4, 0.5) is 0 Å². The Kier molecular flexibility index (Phi) is 4.29. The van der Waals surface area contributed by atoms with Crippen LogP contribution in [0.15, 0.2) is 66.0 Å². The molecule has 1 N–H and O–H groups in total. The van der Waals surface area contributed by atoms with E-state index in [1.165, 1.54) is 0 Å². The molecule has 0 saturated carbocycles. The minimum Gasteiger partial charge on any atom is -0.496 e. The van der Waals surface area contributed by atoms with Gasteiger partial charge in [-0.05, 0) is 29.7 Å². The molecule has 1 amide bonds. The Balaban J connectivity index is 1.83. The van der Waals surface area contributed by atoms with Gasteiger partial charge in [-0.15, -0.1) is 0 Å². The van der Waals surface area contributed by atoms with Crippen LogP contribution in [0.2, 0.25) is 0 Å². The third kappa shape index (κ3) is 3.18. The lowest BCUT2D eigenvalue weighted by Crippen LogP contribution is -2.17. The van der Waals surface area contributed by atoms with Gasteiger partial charge in [0.2, 0.25) is 0 Å². The lowest BCUT2D eigenvalue weighted by Gasteiger charge is -2.07. The Labute approximate surface area is 133 Å². The molecule has 0 unspecified atom stereocenters. The minimum absolute atomic E-state index is 0.276. The number of carbonyl (C=O) groups is 1. The number of hydrogen-bond donors (Lipinski definition) is 1. The number of methoxy groups -OCH3 is 1. The van der Waals surface area contributed by atoms with Crippen LogP contribution in [0.25, 0.3) is 10.8 Å². The van der Waals surface area contributed by atoms with Crippen LogP contribution in [0.3, 0.4) is 0 Å². The number of rotatable bonds is 4. The smallest absolute Gasteiger partial charge is 0.271 e. The lowest BCUT2D eigenvalue weighted by atomic mass is 10.0. The molecular formula is C18H15N3O2. The quantitative estimate of drug-likeness (QED) is 0.595. The number of ether oxygens (including phenoxy) is 1. The number of carbonyl (C=O) groups excluding carboxylic acids is 1. The summed E-state index contributed by atoms with van der Waals surface area (Å²) in [4.78, 5) is 15.8. The first-order valence-electron chi connectivity index (χ1n) is 7.09. The molecule has 114 valence electrons. The van der Waals surface area contributed by atoms with Crippen molar-refractivity contribution in [1.29, 1.82) is 0 Å². The monoisotopic (exact) mass is 305 g/mol. The molecule has 0 atom stereocenters. The highest BCUT2D eigenvalue weighted by atomic mass is 16.5. The third-order valence-electron chi connectivity index (χ3n) is 3.45. The molecule has 5 nitrogen and oxygen atoms in total. The van der Waals surface area contributed by atoms with Gasteiger partial charge in [-0.3, -0.25) is 9.78 Å². The molecule has 1 aromatic heterocycles. The molecule has 5 heteroatoms. The summed E-state index contributed by atoms with van der Waals surface area (Å²) >= 11 is 0. The first-order valence-corrected chi connectivity index (χ1v) is 7.09. The van der Waals surface area contributed by atoms with Crippen LogP contribution in [0.1, 0.15) is 15.9 Å². The van der Waals surface area contributed by atoms with Crippen LogP contribution in [0, 0.1) is 0 Å². The molecule has 0 bridgehead atoms. The second-order valence-corrected chi connectivity index (χ2v) is 4.84. The normalized spacial score (nSPS) is 10.8. The van der Waals surface area contributed by atoms with E-state index in [1.54, 1.807) is 37.9 Å². The Morgan fingerprint density at radius 3 is 2.57 bits per heavy atom. The van der Waals surface area contributed by atoms with Crippen molar-refractivity contribution in [2.45, 2.75) is 0 Å². The summed E-state index contributed by atoms with van der Waals surface area (Å²) in [5, 5.41) is 6.05. The van der Waals surface area contributed by atoms with E-state index in [2.05, 4.69) is 15.5 Å². The zero-order valence-corrected chi connectivity index (χ0v) is 12.6. The van der Waals surface area contributed by atoms with Crippen LogP contribution in [0.5, 0.6) is 5.75 Å².